The summed E-state index contributed by atoms with van der Waals surface area (Å²) in [5.41, 5.74) is 3.19. The Hall–Kier alpha value is -1.32. The molecule has 0 radical (unpaired) electrons. The van der Waals surface area contributed by atoms with Crippen LogP contribution in [0.2, 0.25) is 5.02 Å². The van der Waals surface area contributed by atoms with Crippen molar-refractivity contribution in [3.05, 3.63) is 47.0 Å². The lowest BCUT2D eigenvalue weighted by Gasteiger charge is -2.10. The first kappa shape index (κ1) is 13.7. The Kier molecular flexibility index (Phi) is 3.81. The maximum absolute atomic E-state index is 6.24. The molecule has 1 saturated carbocycles. The van der Waals surface area contributed by atoms with Gasteiger partial charge in [-0.3, -0.25) is 0 Å². The lowest BCUT2D eigenvalue weighted by atomic mass is 10.0. The molecule has 2 fully saturated rings. The highest BCUT2D eigenvalue weighted by Crippen LogP contribution is 2.50. The third-order valence-corrected chi connectivity index (χ3v) is 4.64. The quantitative estimate of drug-likeness (QED) is 0.391. The largest absolute Gasteiger partial charge is 0.391 e. The second kappa shape index (κ2) is 5.58. The first-order valence-corrected chi connectivity index (χ1v) is 7.38. The van der Waals surface area contributed by atoms with Gasteiger partial charge in [0.2, 0.25) is 0 Å². The van der Waals surface area contributed by atoms with Crippen LogP contribution >= 0.6 is 11.6 Å². The summed E-state index contributed by atoms with van der Waals surface area (Å²) in [6.45, 7) is 8.25. The second-order valence-corrected chi connectivity index (χ2v) is 5.94. The van der Waals surface area contributed by atoms with Crippen LogP contribution in [-0.2, 0) is 4.84 Å². The molecule has 0 amide bonds. The third-order valence-electron chi connectivity index (χ3n) is 4.23. The molecule has 3 rings (SSSR count). The lowest BCUT2D eigenvalue weighted by molar-refractivity contribution is 0.173. The molecule has 4 heteroatoms. The average molecular weight is 291 g/mol. The minimum Gasteiger partial charge on any atom is -0.391 e. The van der Waals surface area contributed by atoms with Gasteiger partial charge in [-0.25, -0.2) is 0 Å². The highest BCUT2D eigenvalue weighted by Gasteiger charge is 2.55. The topological polar surface area (TPSA) is 33.6 Å². The molecule has 2 aliphatic rings. The van der Waals surface area contributed by atoms with Crippen molar-refractivity contribution in [2.45, 2.75) is 6.92 Å². The SMILES string of the molecule is C=CCON=C(c1ccc(C)c(Cl)c1)C1C2CNCC21. The summed E-state index contributed by atoms with van der Waals surface area (Å²) < 4.78 is 0. The number of oxime groups is 1. The number of aryl methyl sites for hydroxylation is 1. The van der Waals surface area contributed by atoms with E-state index in [-0.39, 0.29) is 0 Å². The van der Waals surface area contributed by atoms with Crippen molar-refractivity contribution in [3.63, 3.8) is 0 Å². The lowest BCUT2D eigenvalue weighted by Crippen LogP contribution is -2.20. The summed E-state index contributed by atoms with van der Waals surface area (Å²) in [6, 6.07) is 6.12. The molecule has 1 saturated heterocycles. The van der Waals surface area contributed by atoms with Gasteiger partial charge in [0.15, 0.2) is 0 Å². The number of halogens is 1. The van der Waals surface area contributed by atoms with Crippen LogP contribution in [0, 0.1) is 24.7 Å². The molecule has 2 atom stereocenters. The molecule has 1 aliphatic heterocycles. The fourth-order valence-electron chi connectivity index (χ4n) is 3.04. The monoisotopic (exact) mass is 290 g/mol. The highest BCUT2D eigenvalue weighted by atomic mass is 35.5. The predicted molar refractivity (Wildman–Crippen MR) is 82.2 cm³/mol. The van der Waals surface area contributed by atoms with Gasteiger partial charge in [0.25, 0.3) is 0 Å². The van der Waals surface area contributed by atoms with Crippen molar-refractivity contribution in [3.8, 4) is 0 Å². The molecule has 0 aromatic heterocycles. The molecule has 3 nitrogen and oxygen atoms in total. The number of nitrogens with one attached hydrogen (secondary N) is 1. The number of rotatable bonds is 5. The Bertz CT molecular complexity index is 545. The van der Waals surface area contributed by atoms with Gasteiger partial charge in [-0.05, 0) is 43.5 Å². The van der Waals surface area contributed by atoms with E-state index < -0.39 is 0 Å². The molecule has 1 heterocycles. The van der Waals surface area contributed by atoms with Crippen molar-refractivity contribution >= 4 is 17.3 Å². The average Bonchev–Trinajstić information content (AvgIpc) is 2.90. The van der Waals surface area contributed by atoms with Gasteiger partial charge >= 0.3 is 0 Å². The molecule has 20 heavy (non-hydrogen) atoms. The van der Waals surface area contributed by atoms with Crippen LogP contribution in [0.15, 0.2) is 36.0 Å². The summed E-state index contributed by atoms with van der Waals surface area (Å²) in [7, 11) is 0. The van der Waals surface area contributed by atoms with Crippen LogP contribution in [0.25, 0.3) is 0 Å². The van der Waals surface area contributed by atoms with Gasteiger partial charge < -0.3 is 10.2 Å². The maximum Gasteiger partial charge on any atom is 0.135 e. The summed E-state index contributed by atoms with van der Waals surface area (Å²) in [5, 5.41) is 8.55. The first-order chi connectivity index (χ1) is 9.72. The molecule has 106 valence electrons. The van der Waals surface area contributed by atoms with E-state index >= 15 is 0 Å². The van der Waals surface area contributed by atoms with Crippen molar-refractivity contribution in [2.75, 3.05) is 19.7 Å². The predicted octanol–water partition coefficient (Wildman–Crippen LogP) is 3.02. The van der Waals surface area contributed by atoms with E-state index in [0.717, 1.165) is 35.0 Å². The molecule has 0 spiro atoms. The highest BCUT2D eigenvalue weighted by molar-refractivity contribution is 6.31. The van der Waals surface area contributed by atoms with E-state index in [1.165, 1.54) is 0 Å². The van der Waals surface area contributed by atoms with E-state index in [2.05, 4.69) is 23.1 Å². The van der Waals surface area contributed by atoms with E-state index in [1.54, 1.807) is 6.08 Å². The minimum atomic E-state index is 0.434. The van der Waals surface area contributed by atoms with Crippen molar-refractivity contribution in [1.29, 1.82) is 0 Å². The fourth-order valence-corrected chi connectivity index (χ4v) is 3.22. The van der Waals surface area contributed by atoms with Crippen LogP contribution in [0.5, 0.6) is 0 Å². The van der Waals surface area contributed by atoms with Crippen LogP contribution in [-0.4, -0.2) is 25.4 Å². The van der Waals surface area contributed by atoms with Crippen molar-refractivity contribution in [2.24, 2.45) is 22.9 Å². The molecule has 1 N–H and O–H groups in total. The smallest absolute Gasteiger partial charge is 0.135 e. The van der Waals surface area contributed by atoms with Crippen LogP contribution < -0.4 is 5.32 Å². The zero-order chi connectivity index (χ0) is 14.1. The van der Waals surface area contributed by atoms with Gasteiger partial charge in [-0.2, -0.15) is 0 Å². The van der Waals surface area contributed by atoms with Gasteiger partial charge in [0, 0.05) is 16.5 Å². The molecular formula is C16H19ClN2O. The number of hydrogen-bond acceptors (Lipinski definition) is 3. The zero-order valence-electron chi connectivity index (χ0n) is 11.6. The Morgan fingerprint density at radius 1 is 1.50 bits per heavy atom. The standard InChI is InChI=1S/C16H19ClN2O/c1-3-6-20-19-16(15-12-8-18-9-13(12)15)11-5-4-10(2)14(17)7-11/h3-5,7,12-13,15,18H,1,6,8-9H2,2H3. The number of fused-ring (bicyclic) bond motifs is 1. The summed E-state index contributed by atoms with van der Waals surface area (Å²) in [4.78, 5) is 5.34. The summed E-state index contributed by atoms with van der Waals surface area (Å²) in [5.74, 6) is 1.89. The van der Waals surface area contributed by atoms with Crippen molar-refractivity contribution < 1.29 is 4.84 Å². The zero-order valence-corrected chi connectivity index (χ0v) is 12.4. The molecular weight excluding hydrogens is 272 g/mol. The van der Waals surface area contributed by atoms with Crippen LogP contribution in [0.1, 0.15) is 11.1 Å². The summed E-state index contributed by atoms with van der Waals surface area (Å²) in [6.07, 6.45) is 1.71. The second-order valence-electron chi connectivity index (χ2n) is 5.54. The number of hydrogen-bond donors (Lipinski definition) is 1. The van der Waals surface area contributed by atoms with Gasteiger partial charge in [-0.15, -0.1) is 0 Å². The van der Waals surface area contributed by atoms with Crippen LogP contribution in [0.3, 0.4) is 0 Å². The Morgan fingerprint density at radius 2 is 2.25 bits per heavy atom. The van der Waals surface area contributed by atoms with E-state index in [9.17, 15) is 0 Å². The van der Waals surface area contributed by atoms with Gasteiger partial charge in [0.1, 0.15) is 6.61 Å². The molecule has 1 aromatic rings. The molecule has 1 aliphatic carbocycles. The fraction of sp³-hybridized carbons (Fsp3) is 0.438. The third kappa shape index (κ3) is 2.48. The number of nitrogens with zero attached hydrogens (tertiary/aromatic N) is 1. The van der Waals surface area contributed by atoms with Crippen LogP contribution in [0.4, 0.5) is 0 Å². The Morgan fingerprint density at radius 3 is 2.90 bits per heavy atom. The van der Waals surface area contributed by atoms with Crippen molar-refractivity contribution in [1.82, 2.24) is 5.32 Å². The first-order valence-electron chi connectivity index (χ1n) is 7.00. The maximum atomic E-state index is 6.24. The van der Waals surface area contributed by atoms with E-state index in [0.29, 0.717) is 24.4 Å². The number of piperidine rings is 1. The van der Waals surface area contributed by atoms with Gasteiger partial charge in [0.05, 0.1) is 5.71 Å². The minimum absolute atomic E-state index is 0.434. The van der Waals surface area contributed by atoms with E-state index in [1.807, 2.05) is 19.1 Å². The molecule has 1 aromatic carbocycles. The molecule has 0 bridgehead atoms. The summed E-state index contributed by atoms with van der Waals surface area (Å²) >= 11 is 6.24. The van der Waals surface area contributed by atoms with Gasteiger partial charge in [-0.1, -0.05) is 41.5 Å². The Labute approximate surface area is 124 Å². The number of benzene rings is 1. The van der Waals surface area contributed by atoms with E-state index in [4.69, 9.17) is 16.4 Å². The Balaban J connectivity index is 1.86. The normalized spacial score (nSPS) is 28.1. The molecule has 2 unspecified atom stereocenters.